The van der Waals surface area contributed by atoms with Crippen molar-refractivity contribution in [1.29, 1.82) is 0 Å². The minimum Gasteiger partial charge on any atom is -0.357 e. The van der Waals surface area contributed by atoms with Gasteiger partial charge in [-0.2, -0.15) is 0 Å². The zero-order valence-corrected chi connectivity index (χ0v) is 15.2. The van der Waals surface area contributed by atoms with Crippen LogP contribution in [0.1, 0.15) is 45.9 Å². The first-order chi connectivity index (χ1) is 11.7. The van der Waals surface area contributed by atoms with E-state index in [4.69, 9.17) is 0 Å². The Balaban J connectivity index is 1.74. The normalized spacial score (nSPS) is 12.1. The van der Waals surface area contributed by atoms with E-state index < -0.39 is 0 Å². The van der Waals surface area contributed by atoms with Crippen LogP contribution in [0, 0.1) is 5.92 Å². The molecule has 0 aliphatic heterocycles. The highest BCUT2D eigenvalue weighted by Gasteiger charge is 2.02. The second kappa shape index (κ2) is 9.96. The number of hydrogen-bond acceptors (Lipinski definition) is 2. The van der Waals surface area contributed by atoms with Crippen molar-refractivity contribution < 1.29 is 0 Å². The first-order valence-electron chi connectivity index (χ1n) is 9.15. The number of aromatic nitrogens is 2. The van der Waals surface area contributed by atoms with Gasteiger partial charge in [0, 0.05) is 26.1 Å². The molecule has 5 heteroatoms. The molecule has 1 heterocycles. The molecule has 0 saturated heterocycles. The quantitative estimate of drug-likeness (QED) is 0.375. The molecule has 0 aliphatic carbocycles. The van der Waals surface area contributed by atoms with Crippen LogP contribution >= 0.6 is 0 Å². The van der Waals surface area contributed by atoms with Gasteiger partial charge in [0.15, 0.2) is 5.96 Å². The fraction of sp³-hybridized carbons (Fsp3) is 0.579. The van der Waals surface area contributed by atoms with Crippen LogP contribution in [0.25, 0.3) is 11.0 Å². The lowest BCUT2D eigenvalue weighted by atomic mass is 10.1. The Kier molecular flexibility index (Phi) is 7.59. The molecule has 0 aliphatic rings. The molecule has 132 valence electrons. The van der Waals surface area contributed by atoms with E-state index in [0.29, 0.717) is 0 Å². The second-order valence-electron chi connectivity index (χ2n) is 6.53. The van der Waals surface area contributed by atoms with Crippen molar-refractivity contribution in [2.45, 2.75) is 46.5 Å². The SMILES string of the molecule is CCNC(=NCCCc1nc2ccccc2[nH]1)NCCCC(C)C. The molecule has 0 spiro atoms. The number of aryl methyl sites for hydroxylation is 1. The Labute approximate surface area is 145 Å². The summed E-state index contributed by atoms with van der Waals surface area (Å²) in [5, 5.41) is 6.72. The second-order valence-corrected chi connectivity index (χ2v) is 6.53. The molecule has 0 unspecified atom stereocenters. The molecule has 0 saturated carbocycles. The van der Waals surface area contributed by atoms with Gasteiger partial charge in [0.1, 0.15) is 5.82 Å². The van der Waals surface area contributed by atoms with Gasteiger partial charge in [-0.1, -0.05) is 26.0 Å². The molecule has 2 aromatic rings. The van der Waals surface area contributed by atoms with E-state index in [1.54, 1.807) is 0 Å². The highest BCUT2D eigenvalue weighted by molar-refractivity contribution is 5.79. The predicted molar refractivity (Wildman–Crippen MR) is 102 cm³/mol. The number of para-hydroxylation sites is 2. The number of rotatable bonds is 9. The number of nitrogens with zero attached hydrogens (tertiary/aromatic N) is 2. The number of fused-ring (bicyclic) bond motifs is 1. The fourth-order valence-electron chi connectivity index (χ4n) is 2.62. The van der Waals surface area contributed by atoms with E-state index in [9.17, 15) is 0 Å². The number of guanidine groups is 1. The molecule has 0 amide bonds. The molecule has 0 radical (unpaired) electrons. The van der Waals surface area contributed by atoms with E-state index in [-0.39, 0.29) is 0 Å². The summed E-state index contributed by atoms with van der Waals surface area (Å²) in [7, 11) is 0. The summed E-state index contributed by atoms with van der Waals surface area (Å²) in [5.74, 6) is 2.72. The maximum atomic E-state index is 4.65. The summed E-state index contributed by atoms with van der Waals surface area (Å²) >= 11 is 0. The number of hydrogen-bond donors (Lipinski definition) is 3. The van der Waals surface area contributed by atoms with E-state index in [1.807, 2.05) is 18.2 Å². The van der Waals surface area contributed by atoms with Crippen LogP contribution < -0.4 is 10.6 Å². The Morgan fingerprint density at radius 3 is 2.79 bits per heavy atom. The van der Waals surface area contributed by atoms with Crippen LogP contribution in [0.4, 0.5) is 0 Å². The number of aliphatic imine (C=N–C) groups is 1. The third kappa shape index (κ3) is 6.22. The highest BCUT2D eigenvalue weighted by atomic mass is 15.2. The first kappa shape index (κ1) is 18.3. The topological polar surface area (TPSA) is 65.1 Å². The summed E-state index contributed by atoms with van der Waals surface area (Å²) in [6.07, 6.45) is 4.34. The van der Waals surface area contributed by atoms with Crippen LogP contribution in [0.5, 0.6) is 0 Å². The molecule has 0 fully saturated rings. The molecular weight excluding hydrogens is 298 g/mol. The number of H-pyrrole nitrogens is 1. The first-order valence-corrected chi connectivity index (χ1v) is 9.15. The van der Waals surface area contributed by atoms with Crippen molar-refractivity contribution in [3.05, 3.63) is 30.1 Å². The Hall–Kier alpha value is -2.04. The number of nitrogens with one attached hydrogen (secondary N) is 3. The van der Waals surface area contributed by atoms with Gasteiger partial charge >= 0.3 is 0 Å². The molecule has 0 bridgehead atoms. The molecule has 5 nitrogen and oxygen atoms in total. The lowest BCUT2D eigenvalue weighted by Gasteiger charge is -2.11. The maximum absolute atomic E-state index is 4.65. The summed E-state index contributed by atoms with van der Waals surface area (Å²) in [6, 6.07) is 8.15. The van der Waals surface area contributed by atoms with Crippen molar-refractivity contribution in [3.63, 3.8) is 0 Å². The molecular formula is C19H31N5. The Morgan fingerprint density at radius 1 is 1.21 bits per heavy atom. The molecule has 2 rings (SSSR count). The van der Waals surface area contributed by atoms with E-state index >= 15 is 0 Å². The summed E-state index contributed by atoms with van der Waals surface area (Å²) in [4.78, 5) is 12.6. The molecule has 1 aromatic carbocycles. The Morgan fingerprint density at radius 2 is 2.04 bits per heavy atom. The Bertz CT molecular complexity index is 596. The monoisotopic (exact) mass is 329 g/mol. The van der Waals surface area contributed by atoms with Gasteiger partial charge in [-0.15, -0.1) is 0 Å². The smallest absolute Gasteiger partial charge is 0.191 e. The van der Waals surface area contributed by atoms with Crippen LogP contribution in [-0.4, -0.2) is 35.6 Å². The average Bonchev–Trinajstić information content (AvgIpc) is 2.98. The fourth-order valence-corrected chi connectivity index (χ4v) is 2.62. The van der Waals surface area contributed by atoms with Crippen molar-refractivity contribution in [2.75, 3.05) is 19.6 Å². The summed E-state index contributed by atoms with van der Waals surface area (Å²) in [5.41, 5.74) is 2.15. The third-order valence-electron chi connectivity index (χ3n) is 3.87. The van der Waals surface area contributed by atoms with Gasteiger partial charge in [0.25, 0.3) is 0 Å². The van der Waals surface area contributed by atoms with Crippen LogP contribution in [-0.2, 0) is 6.42 Å². The van der Waals surface area contributed by atoms with Crippen LogP contribution in [0.15, 0.2) is 29.3 Å². The van der Waals surface area contributed by atoms with Crippen molar-refractivity contribution in [1.82, 2.24) is 20.6 Å². The van der Waals surface area contributed by atoms with Gasteiger partial charge in [0.05, 0.1) is 11.0 Å². The van der Waals surface area contributed by atoms with Gasteiger partial charge in [-0.05, 0) is 44.2 Å². The van der Waals surface area contributed by atoms with Crippen LogP contribution in [0.2, 0.25) is 0 Å². The predicted octanol–water partition coefficient (Wildman–Crippen LogP) is 3.49. The minimum atomic E-state index is 0.759. The third-order valence-corrected chi connectivity index (χ3v) is 3.87. The summed E-state index contributed by atoms with van der Waals surface area (Å²) in [6.45, 7) is 9.29. The lowest BCUT2D eigenvalue weighted by Crippen LogP contribution is -2.38. The van der Waals surface area contributed by atoms with Crippen molar-refractivity contribution in [2.24, 2.45) is 10.9 Å². The van der Waals surface area contributed by atoms with E-state index in [2.05, 4.69) is 52.4 Å². The molecule has 1 aromatic heterocycles. The highest BCUT2D eigenvalue weighted by Crippen LogP contribution is 2.11. The molecule has 3 N–H and O–H groups in total. The standard InChI is InChI=1S/C19H31N5/c1-4-20-19(21-13-7-9-15(2)3)22-14-8-12-18-23-16-10-5-6-11-17(16)24-18/h5-6,10-11,15H,4,7-9,12-14H2,1-3H3,(H,23,24)(H2,20,21,22). The largest absolute Gasteiger partial charge is 0.357 e. The molecule has 0 atom stereocenters. The molecule has 24 heavy (non-hydrogen) atoms. The van der Waals surface area contributed by atoms with Gasteiger partial charge in [-0.3, -0.25) is 4.99 Å². The van der Waals surface area contributed by atoms with Gasteiger partial charge < -0.3 is 15.6 Å². The van der Waals surface area contributed by atoms with Crippen molar-refractivity contribution >= 4 is 17.0 Å². The lowest BCUT2D eigenvalue weighted by molar-refractivity contribution is 0.549. The van der Waals surface area contributed by atoms with Crippen LogP contribution in [0.3, 0.4) is 0 Å². The average molecular weight is 329 g/mol. The van der Waals surface area contributed by atoms with Gasteiger partial charge in [0.2, 0.25) is 0 Å². The zero-order valence-electron chi connectivity index (χ0n) is 15.2. The zero-order chi connectivity index (χ0) is 17.2. The number of benzene rings is 1. The van der Waals surface area contributed by atoms with Gasteiger partial charge in [-0.25, -0.2) is 4.98 Å². The number of imidazole rings is 1. The van der Waals surface area contributed by atoms with Crippen molar-refractivity contribution in [3.8, 4) is 0 Å². The van der Waals surface area contributed by atoms with E-state index in [1.165, 1.54) is 12.8 Å². The number of aromatic amines is 1. The minimum absolute atomic E-state index is 0.759. The summed E-state index contributed by atoms with van der Waals surface area (Å²) < 4.78 is 0. The maximum Gasteiger partial charge on any atom is 0.191 e. The van der Waals surface area contributed by atoms with E-state index in [0.717, 1.165) is 61.2 Å².